The molecule has 8 nitrogen and oxygen atoms in total. The number of aliphatic hydroxyl groups excluding tert-OH is 2. The molecule has 0 spiro atoms. The lowest BCUT2D eigenvalue weighted by molar-refractivity contribution is -0.290. The van der Waals surface area contributed by atoms with Crippen LogP contribution in [0.25, 0.3) is 10.9 Å². The van der Waals surface area contributed by atoms with E-state index in [1.54, 1.807) is 24.3 Å². The summed E-state index contributed by atoms with van der Waals surface area (Å²) in [5.74, 6) is -1.83. The van der Waals surface area contributed by atoms with E-state index in [4.69, 9.17) is 9.47 Å². The Morgan fingerprint density at radius 3 is 2.36 bits per heavy atom. The van der Waals surface area contributed by atoms with Crippen LogP contribution >= 0.6 is 0 Å². The van der Waals surface area contributed by atoms with Gasteiger partial charge in [-0.2, -0.15) is 13.2 Å². The van der Waals surface area contributed by atoms with Crippen LogP contribution in [0.2, 0.25) is 0 Å². The molecule has 36 heavy (non-hydrogen) atoms. The molecule has 11 heteroatoms. The van der Waals surface area contributed by atoms with E-state index in [-0.39, 0.29) is 58.4 Å². The average molecular weight is 503 g/mol. The molecule has 188 valence electrons. The number of ether oxygens (including phenoxy) is 2. The second-order valence-corrected chi connectivity index (χ2v) is 8.68. The van der Waals surface area contributed by atoms with Gasteiger partial charge in [-0.1, -0.05) is 30.3 Å². The molecule has 1 aliphatic heterocycles. The van der Waals surface area contributed by atoms with Crippen molar-refractivity contribution < 1.29 is 47.6 Å². The lowest BCUT2D eigenvalue weighted by Crippen LogP contribution is -2.54. The Labute approximate surface area is 201 Å². The van der Waals surface area contributed by atoms with Gasteiger partial charge in [0.2, 0.25) is 0 Å². The molecule has 0 amide bonds. The second-order valence-electron chi connectivity index (χ2n) is 8.68. The molecule has 2 aromatic carbocycles. The van der Waals surface area contributed by atoms with Gasteiger partial charge in [0.1, 0.15) is 11.6 Å². The van der Waals surface area contributed by atoms with Crippen LogP contribution in [-0.2, 0) is 4.74 Å². The van der Waals surface area contributed by atoms with E-state index >= 15 is 0 Å². The smallest absolute Gasteiger partial charge is 0.417 e. The molecule has 3 aromatic rings. The first-order valence-electron chi connectivity index (χ1n) is 11.1. The SMILES string of the molecule is O=C1c2ccccc2C(=O)c2c1c(O)c(OCCC1CC(O)C(O)[C@H](C(F)(F)F)O1)c1ncccc21. The molecule has 0 saturated carbocycles. The fourth-order valence-electron chi connectivity index (χ4n) is 4.71. The summed E-state index contributed by atoms with van der Waals surface area (Å²) in [7, 11) is 0. The molecule has 0 radical (unpaired) electrons. The maximum absolute atomic E-state index is 13.2. The summed E-state index contributed by atoms with van der Waals surface area (Å²) in [4.78, 5) is 30.7. The number of phenols is 1. The average Bonchev–Trinajstić information content (AvgIpc) is 2.84. The molecule has 1 saturated heterocycles. The number of carbonyl (C=O) groups excluding carboxylic acids is 2. The van der Waals surface area contributed by atoms with E-state index in [1.165, 1.54) is 18.3 Å². The van der Waals surface area contributed by atoms with Crippen LogP contribution < -0.4 is 4.74 Å². The molecular weight excluding hydrogens is 483 g/mol. The van der Waals surface area contributed by atoms with Crippen molar-refractivity contribution in [2.24, 2.45) is 0 Å². The number of aromatic nitrogens is 1. The van der Waals surface area contributed by atoms with Crippen molar-refractivity contribution in [2.45, 2.75) is 43.4 Å². The summed E-state index contributed by atoms with van der Waals surface area (Å²) in [5, 5.41) is 30.8. The molecule has 3 N–H and O–H groups in total. The second kappa shape index (κ2) is 8.84. The van der Waals surface area contributed by atoms with Crippen LogP contribution in [0.15, 0.2) is 42.6 Å². The van der Waals surface area contributed by atoms with Gasteiger partial charge < -0.3 is 24.8 Å². The minimum absolute atomic E-state index is 0.00704. The third-order valence-electron chi connectivity index (χ3n) is 6.42. The van der Waals surface area contributed by atoms with Gasteiger partial charge in [0.25, 0.3) is 0 Å². The van der Waals surface area contributed by atoms with Gasteiger partial charge in [0.15, 0.2) is 29.2 Å². The first-order chi connectivity index (χ1) is 17.1. The van der Waals surface area contributed by atoms with E-state index in [0.717, 1.165) is 0 Å². The number of aliphatic hydroxyl groups is 2. The van der Waals surface area contributed by atoms with Gasteiger partial charge in [0, 0.05) is 41.1 Å². The third kappa shape index (κ3) is 3.89. The zero-order valence-corrected chi connectivity index (χ0v) is 18.5. The van der Waals surface area contributed by atoms with Crippen LogP contribution in [-0.4, -0.2) is 69.1 Å². The Morgan fingerprint density at radius 2 is 1.69 bits per heavy atom. The number of alkyl halides is 3. The van der Waals surface area contributed by atoms with Crippen LogP contribution in [0.3, 0.4) is 0 Å². The van der Waals surface area contributed by atoms with E-state index in [9.17, 15) is 38.1 Å². The van der Waals surface area contributed by atoms with E-state index in [1.807, 2.05) is 0 Å². The van der Waals surface area contributed by atoms with Gasteiger partial charge in [-0.25, -0.2) is 0 Å². The maximum atomic E-state index is 13.2. The highest BCUT2D eigenvalue weighted by Gasteiger charge is 2.51. The van der Waals surface area contributed by atoms with Crippen LogP contribution in [0.5, 0.6) is 11.5 Å². The van der Waals surface area contributed by atoms with E-state index in [0.29, 0.717) is 0 Å². The summed E-state index contributed by atoms with van der Waals surface area (Å²) in [6, 6.07) is 9.33. The molecule has 1 aliphatic carbocycles. The molecule has 5 rings (SSSR count). The van der Waals surface area contributed by atoms with E-state index in [2.05, 4.69) is 4.98 Å². The first-order valence-corrected chi connectivity index (χ1v) is 11.1. The topological polar surface area (TPSA) is 126 Å². The van der Waals surface area contributed by atoms with Crippen molar-refractivity contribution in [1.82, 2.24) is 4.98 Å². The number of fused-ring (bicyclic) bond motifs is 4. The standard InChI is InChI=1S/C25H20F3NO7/c26-25(27,28)24-21(33)15(30)10-11(36-24)7-9-35-23-18-14(6-3-8-29-18)16-17(22(23)34)20(32)13-5-2-1-4-12(13)19(16)31/h1-6,8,11,15,21,24,30,33-34H,7,9-10H2/t11?,15?,21?,24-/m1/s1. The fraction of sp³-hybridized carbons (Fsp3) is 0.320. The Balaban J connectivity index is 1.46. The number of benzene rings is 2. The van der Waals surface area contributed by atoms with Crippen LogP contribution in [0.1, 0.15) is 44.7 Å². The number of halogens is 3. The van der Waals surface area contributed by atoms with Gasteiger partial charge in [-0.15, -0.1) is 0 Å². The summed E-state index contributed by atoms with van der Waals surface area (Å²) in [6.07, 6.45) is -11.2. The highest BCUT2D eigenvalue weighted by atomic mass is 19.4. The van der Waals surface area contributed by atoms with Crippen molar-refractivity contribution in [3.63, 3.8) is 0 Å². The highest BCUT2D eigenvalue weighted by molar-refractivity contribution is 6.33. The highest BCUT2D eigenvalue weighted by Crippen LogP contribution is 2.44. The number of hydrogen-bond donors (Lipinski definition) is 3. The van der Waals surface area contributed by atoms with Crippen molar-refractivity contribution >= 4 is 22.5 Å². The number of ketones is 2. The Morgan fingerprint density at radius 1 is 1.03 bits per heavy atom. The van der Waals surface area contributed by atoms with E-state index < -0.39 is 47.9 Å². The molecule has 1 fully saturated rings. The van der Waals surface area contributed by atoms with Crippen LogP contribution in [0.4, 0.5) is 13.2 Å². The van der Waals surface area contributed by atoms with Crippen LogP contribution in [0, 0.1) is 0 Å². The largest absolute Gasteiger partial charge is 0.504 e. The number of aromatic hydroxyl groups is 1. The molecule has 2 aliphatic rings. The first kappa shape index (κ1) is 24.2. The monoisotopic (exact) mass is 503 g/mol. The number of carbonyl (C=O) groups is 2. The summed E-state index contributed by atoms with van der Waals surface area (Å²) < 4.78 is 50.1. The van der Waals surface area contributed by atoms with Crippen molar-refractivity contribution in [1.29, 1.82) is 0 Å². The van der Waals surface area contributed by atoms with Crippen molar-refractivity contribution in [2.75, 3.05) is 6.61 Å². The molecular formula is C25H20F3NO7. The summed E-state index contributed by atoms with van der Waals surface area (Å²) in [6.45, 7) is -0.269. The Bertz CT molecular complexity index is 1370. The zero-order valence-electron chi connectivity index (χ0n) is 18.5. The van der Waals surface area contributed by atoms with Gasteiger partial charge in [0.05, 0.1) is 24.4 Å². The maximum Gasteiger partial charge on any atom is 0.417 e. The third-order valence-corrected chi connectivity index (χ3v) is 6.42. The Kier molecular flexibility index (Phi) is 5.93. The normalized spacial score (nSPS) is 23.9. The number of rotatable bonds is 4. The predicted octanol–water partition coefficient (Wildman–Crippen LogP) is 2.93. The lowest BCUT2D eigenvalue weighted by atomic mass is 9.81. The zero-order chi connectivity index (χ0) is 25.8. The Hall–Kier alpha value is -3.54. The minimum Gasteiger partial charge on any atom is -0.504 e. The fourth-order valence-corrected chi connectivity index (χ4v) is 4.71. The molecule has 0 bridgehead atoms. The number of nitrogens with zero attached hydrogens (tertiary/aromatic N) is 1. The summed E-state index contributed by atoms with van der Waals surface area (Å²) >= 11 is 0. The van der Waals surface area contributed by atoms with Gasteiger partial charge >= 0.3 is 6.18 Å². The number of hydrogen-bond acceptors (Lipinski definition) is 8. The van der Waals surface area contributed by atoms with Crippen molar-refractivity contribution in [3.8, 4) is 11.5 Å². The predicted molar refractivity (Wildman–Crippen MR) is 118 cm³/mol. The molecule has 2 heterocycles. The lowest BCUT2D eigenvalue weighted by Gasteiger charge is -2.38. The molecule has 3 unspecified atom stereocenters. The molecule has 1 aromatic heterocycles. The summed E-state index contributed by atoms with van der Waals surface area (Å²) in [5.41, 5.74) is 0.178. The number of phenolic OH excluding ortho intramolecular Hbond substituents is 1. The minimum atomic E-state index is -4.88. The number of pyridine rings is 1. The van der Waals surface area contributed by atoms with Crippen molar-refractivity contribution in [3.05, 3.63) is 64.8 Å². The quantitative estimate of drug-likeness (QED) is 0.388. The van der Waals surface area contributed by atoms with Gasteiger partial charge in [-0.05, 0) is 6.07 Å². The molecule has 4 atom stereocenters. The van der Waals surface area contributed by atoms with Gasteiger partial charge in [-0.3, -0.25) is 14.6 Å².